The first kappa shape index (κ1) is 13.6. The van der Waals surface area contributed by atoms with Crippen molar-refractivity contribution in [3.05, 3.63) is 59.7 Å². The minimum atomic E-state index is -0.686. The van der Waals surface area contributed by atoms with Gasteiger partial charge in [-0.1, -0.05) is 18.2 Å². The summed E-state index contributed by atoms with van der Waals surface area (Å²) in [7, 11) is 0. The summed E-state index contributed by atoms with van der Waals surface area (Å²) in [6.07, 6.45) is 0. The molecule has 2 aromatic carbocycles. The van der Waals surface area contributed by atoms with Gasteiger partial charge in [0.05, 0.1) is 5.56 Å². The second kappa shape index (κ2) is 5.88. The molecule has 0 aliphatic rings. The SMILES string of the molecule is Cc1cccc(OC(=O)c2cccc(NC(N)=O)c2)c1. The van der Waals surface area contributed by atoms with Gasteiger partial charge in [0.25, 0.3) is 0 Å². The largest absolute Gasteiger partial charge is 0.423 e. The Balaban J connectivity index is 2.15. The Labute approximate surface area is 116 Å². The van der Waals surface area contributed by atoms with Gasteiger partial charge in [-0.15, -0.1) is 0 Å². The molecule has 0 aliphatic carbocycles. The van der Waals surface area contributed by atoms with Crippen LogP contribution in [0, 0.1) is 6.92 Å². The van der Waals surface area contributed by atoms with Gasteiger partial charge in [0.15, 0.2) is 0 Å². The topological polar surface area (TPSA) is 81.4 Å². The van der Waals surface area contributed by atoms with Crippen molar-refractivity contribution < 1.29 is 14.3 Å². The number of nitrogens with two attached hydrogens (primary N) is 1. The van der Waals surface area contributed by atoms with Crippen LogP contribution in [-0.2, 0) is 0 Å². The number of urea groups is 1. The van der Waals surface area contributed by atoms with Crippen molar-refractivity contribution in [2.24, 2.45) is 5.73 Å². The first-order valence-electron chi connectivity index (χ1n) is 6.00. The Bertz CT molecular complexity index is 653. The maximum absolute atomic E-state index is 12.0. The number of hydrogen-bond donors (Lipinski definition) is 2. The number of carbonyl (C=O) groups excluding carboxylic acids is 2. The lowest BCUT2D eigenvalue weighted by atomic mass is 10.2. The van der Waals surface area contributed by atoms with Crippen LogP contribution in [0.2, 0.25) is 0 Å². The van der Waals surface area contributed by atoms with E-state index in [4.69, 9.17) is 10.5 Å². The van der Waals surface area contributed by atoms with E-state index in [1.165, 1.54) is 6.07 Å². The Hall–Kier alpha value is -2.82. The number of anilines is 1. The molecule has 2 aromatic rings. The summed E-state index contributed by atoms with van der Waals surface area (Å²) in [5.74, 6) is -0.0213. The molecule has 0 unspecified atom stereocenters. The van der Waals surface area contributed by atoms with Crippen LogP contribution in [0.15, 0.2) is 48.5 Å². The van der Waals surface area contributed by atoms with Crippen molar-refractivity contribution in [2.75, 3.05) is 5.32 Å². The third-order valence-electron chi connectivity index (χ3n) is 2.57. The zero-order chi connectivity index (χ0) is 14.5. The summed E-state index contributed by atoms with van der Waals surface area (Å²) in [5, 5.41) is 2.40. The molecule has 2 rings (SSSR count). The number of ether oxygens (including phenoxy) is 1. The molecule has 102 valence electrons. The van der Waals surface area contributed by atoms with Gasteiger partial charge in [-0.25, -0.2) is 9.59 Å². The van der Waals surface area contributed by atoms with Gasteiger partial charge in [-0.05, 0) is 42.8 Å². The third kappa shape index (κ3) is 3.58. The summed E-state index contributed by atoms with van der Waals surface area (Å²) >= 11 is 0. The second-order valence-corrected chi connectivity index (χ2v) is 4.28. The third-order valence-corrected chi connectivity index (χ3v) is 2.57. The fourth-order valence-electron chi connectivity index (χ4n) is 1.71. The maximum Gasteiger partial charge on any atom is 0.343 e. The molecule has 2 amide bonds. The Morgan fingerprint density at radius 1 is 1.10 bits per heavy atom. The average Bonchev–Trinajstić information content (AvgIpc) is 2.38. The molecule has 0 radical (unpaired) electrons. The molecule has 0 aromatic heterocycles. The number of hydrogen-bond acceptors (Lipinski definition) is 3. The van der Waals surface area contributed by atoms with Gasteiger partial charge < -0.3 is 15.8 Å². The lowest BCUT2D eigenvalue weighted by molar-refractivity contribution is 0.0734. The quantitative estimate of drug-likeness (QED) is 0.664. The molecule has 0 saturated carbocycles. The monoisotopic (exact) mass is 270 g/mol. The molecule has 0 aliphatic heterocycles. The molecule has 3 N–H and O–H groups in total. The minimum Gasteiger partial charge on any atom is -0.423 e. The summed E-state index contributed by atoms with van der Waals surface area (Å²) in [4.78, 5) is 22.8. The molecule has 0 atom stereocenters. The molecule has 0 saturated heterocycles. The molecule has 0 fully saturated rings. The van der Waals surface area contributed by atoms with Gasteiger partial charge >= 0.3 is 12.0 Å². The van der Waals surface area contributed by atoms with Crippen molar-refractivity contribution in [1.82, 2.24) is 0 Å². The molecule has 5 nitrogen and oxygen atoms in total. The molecular formula is C15H14N2O3. The molecule has 0 heterocycles. The van der Waals surface area contributed by atoms with Crippen LogP contribution in [0.4, 0.5) is 10.5 Å². The van der Waals surface area contributed by atoms with Crippen LogP contribution in [0.25, 0.3) is 0 Å². The summed E-state index contributed by atoms with van der Waals surface area (Å²) in [6, 6.07) is 12.9. The van der Waals surface area contributed by atoms with E-state index in [2.05, 4.69) is 5.32 Å². The van der Waals surface area contributed by atoms with E-state index in [1.807, 2.05) is 19.1 Å². The number of esters is 1. The summed E-state index contributed by atoms with van der Waals surface area (Å²) in [5.41, 5.74) is 6.80. The first-order chi connectivity index (χ1) is 9.54. The highest BCUT2D eigenvalue weighted by Crippen LogP contribution is 2.16. The van der Waals surface area contributed by atoms with Gasteiger partial charge in [-0.2, -0.15) is 0 Å². The number of carbonyl (C=O) groups is 2. The van der Waals surface area contributed by atoms with E-state index in [0.29, 0.717) is 17.0 Å². The van der Waals surface area contributed by atoms with Crippen molar-refractivity contribution in [3.63, 3.8) is 0 Å². The Kier molecular flexibility index (Phi) is 4.00. The second-order valence-electron chi connectivity index (χ2n) is 4.28. The van der Waals surface area contributed by atoms with Crippen LogP contribution in [0.3, 0.4) is 0 Å². The average molecular weight is 270 g/mol. The first-order valence-corrected chi connectivity index (χ1v) is 6.00. The standard InChI is InChI=1S/C15H14N2O3/c1-10-4-2-7-13(8-10)20-14(18)11-5-3-6-12(9-11)17-15(16)19/h2-9H,1H3,(H3,16,17,19). The number of rotatable bonds is 3. The highest BCUT2D eigenvalue weighted by Gasteiger charge is 2.09. The van der Waals surface area contributed by atoms with Crippen LogP contribution >= 0.6 is 0 Å². The highest BCUT2D eigenvalue weighted by atomic mass is 16.5. The zero-order valence-electron chi connectivity index (χ0n) is 10.9. The van der Waals surface area contributed by atoms with Crippen molar-refractivity contribution >= 4 is 17.7 Å². The molecule has 0 spiro atoms. The Morgan fingerprint density at radius 2 is 1.85 bits per heavy atom. The fourth-order valence-corrected chi connectivity index (χ4v) is 1.71. The smallest absolute Gasteiger partial charge is 0.343 e. The lowest BCUT2D eigenvalue weighted by Gasteiger charge is -2.07. The van der Waals surface area contributed by atoms with Gasteiger partial charge in [0.2, 0.25) is 0 Å². The fraction of sp³-hybridized carbons (Fsp3) is 0.0667. The van der Waals surface area contributed by atoms with Crippen molar-refractivity contribution in [3.8, 4) is 5.75 Å². The maximum atomic E-state index is 12.0. The van der Waals surface area contributed by atoms with E-state index in [0.717, 1.165) is 5.56 Å². The predicted molar refractivity (Wildman–Crippen MR) is 75.8 cm³/mol. The van der Waals surface area contributed by atoms with E-state index >= 15 is 0 Å². The summed E-state index contributed by atoms with van der Waals surface area (Å²) in [6.45, 7) is 1.91. The van der Waals surface area contributed by atoms with E-state index in [1.54, 1.807) is 30.3 Å². The zero-order valence-corrected chi connectivity index (χ0v) is 10.9. The van der Waals surface area contributed by atoms with E-state index in [-0.39, 0.29) is 0 Å². The highest BCUT2D eigenvalue weighted by molar-refractivity contribution is 5.94. The van der Waals surface area contributed by atoms with Crippen LogP contribution in [-0.4, -0.2) is 12.0 Å². The minimum absolute atomic E-state index is 0.331. The number of benzene rings is 2. The summed E-state index contributed by atoms with van der Waals surface area (Å²) < 4.78 is 5.26. The van der Waals surface area contributed by atoms with E-state index in [9.17, 15) is 9.59 Å². The molecule has 5 heteroatoms. The number of primary amides is 1. The van der Waals surface area contributed by atoms with E-state index < -0.39 is 12.0 Å². The normalized spacial score (nSPS) is 9.85. The number of amides is 2. The van der Waals surface area contributed by atoms with Crippen LogP contribution in [0.1, 0.15) is 15.9 Å². The van der Waals surface area contributed by atoms with Crippen LogP contribution < -0.4 is 15.8 Å². The van der Waals surface area contributed by atoms with Gasteiger partial charge in [0, 0.05) is 5.69 Å². The van der Waals surface area contributed by atoms with Crippen molar-refractivity contribution in [2.45, 2.75) is 6.92 Å². The molecule has 0 bridgehead atoms. The predicted octanol–water partition coefficient (Wildman–Crippen LogP) is 2.70. The van der Waals surface area contributed by atoms with Gasteiger partial charge in [-0.3, -0.25) is 0 Å². The van der Waals surface area contributed by atoms with Crippen molar-refractivity contribution in [1.29, 1.82) is 0 Å². The number of aryl methyl sites for hydroxylation is 1. The molecular weight excluding hydrogens is 256 g/mol. The lowest BCUT2D eigenvalue weighted by Crippen LogP contribution is -2.19. The van der Waals surface area contributed by atoms with Crippen LogP contribution in [0.5, 0.6) is 5.75 Å². The number of nitrogens with one attached hydrogen (secondary N) is 1. The Morgan fingerprint density at radius 3 is 2.55 bits per heavy atom. The molecule has 20 heavy (non-hydrogen) atoms. The van der Waals surface area contributed by atoms with Gasteiger partial charge in [0.1, 0.15) is 5.75 Å².